The molecule has 0 bridgehead atoms. The Morgan fingerprint density at radius 2 is 2.29 bits per heavy atom. The highest BCUT2D eigenvalue weighted by atomic mass is 16.5. The van der Waals surface area contributed by atoms with Crippen LogP contribution in [0.1, 0.15) is 31.5 Å². The smallest absolute Gasteiger partial charge is 0.323 e. The molecule has 1 rings (SSSR count). The fourth-order valence-electron chi connectivity index (χ4n) is 1.56. The van der Waals surface area contributed by atoms with Gasteiger partial charge in [0.25, 0.3) is 0 Å². The van der Waals surface area contributed by atoms with Crippen molar-refractivity contribution in [3.8, 4) is 0 Å². The van der Waals surface area contributed by atoms with Gasteiger partial charge >= 0.3 is 5.97 Å². The monoisotopic (exact) mass is 236 g/mol. The Bertz CT molecular complexity index is 366. The van der Waals surface area contributed by atoms with E-state index in [1.807, 2.05) is 32.9 Å². The molecule has 1 aromatic rings. The molecule has 17 heavy (non-hydrogen) atoms. The summed E-state index contributed by atoms with van der Waals surface area (Å²) in [4.78, 5) is 15.9. The van der Waals surface area contributed by atoms with Crippen molar-refractivity contribution in [2.45, 2.75) is 39.8 Å². The van der Waals surface area contributed by atoms with E-state index in [4.69, 9.17) is 4.74 Å². The zero-order chi connectivity index (χ0) is 12.7. The second-order valence-corrected chi connectivity index (χ2v) is 3.86. The molecule has 1 N–H and O–H groups in total. The Balaban J connectivity index is 2.53. The summed E-state index contributed by atoms with van der Waals surface area (Å²) in [6.07, 6.45) is 2.47. The minimum Gasteiger partial charge on any atom is -0.465 e. The van der Waals surface area contributed by atoms with Crippen LogP contribution in [0.4, 0.5) is 0 Å². The van der Waals surface area contributed by atoms with Crippen LogP contribution in [0.5, 0.6) is 0 Å². The normalized spacial score (nSPS) is 12.2. The van der Waals surface area contributed by atoms with Crippen molar-refractivity contribution in [2.24, 2.45) is 0 Å². The van der Waals surface area contributed by atoms with E-state index in [1.54, 1.807) is 6.20 Å². The largest absolute Gasteiger partial charge is 0.465 e. The third-order valence-electron chi connectivity index (χ3n) is 2.61. The molecule has 1 heterocycles. The van der Waals surface area contributed by atoms with Crippen LogP contribution in [0.3, 0.4) is 0 Å². The summed E-state index contributed by atoms with van der Waals surface area (Å²) in [5.74, 6) is -0.191. The van der Waals surface area contributed by atoms with Crippen LogP contribution in [0.15, 0.2) is 18.3 Å². The molecule has 1 atom stereocenters. The van der Waals surface area contributed by atoms with E-state index in [2.05, 4.69) is 10.3 Å². The molecule has 4 nitrogen and oxygen atoms in total. The number of hydrogen-bond donors (Lipinski definition) is 1. The van der Waals surface area contributed by atoms with Gasteiger partial charge in [-0.3, -0.25) is 15.1 Å². The topological polar surface area (TPSA) is 51.2 Å². The van der Waals surface area contributed by atoms with E-state index in [0.717, 1.165) is 11.3 Å². The minimum atomic E-state index is -0.253. The number of pyridine rings is 1. The number of nitrogens with one attached hydrogen (secondary N) is 1. The third-order valence-corrected chi connectivity index (χ3v) is 2.61. The average Bonchev–Trinajstić information content (AvgIpc) is 2.32. The number of aryl methyl sites for hydroxylation is 1. The molecule has 0 spiro atoms. The van der Waals surface area contributed by atoms with Crippen molar-refractivity contribution >= 4 is 5.97 Å². The fraction of sp³-hybridized carbons (Fsp3) is 0.538. The van der Waals surface area contributed by atoms with Crippen LogP contribution in [0, 0.1) is 6.92 Å². The van der Waals surface area contributed by atoms with E-state index in [9.17, 15) is 4.79 Å². The van der Waals surface area contributed by atoms with Crippen LogP contribution in [0.25, 0.3) is 0 Å². The van der Waals surface area contributed by atoms with Gasteiger partial charge in [-0.05, 0) is 31.9 Å². The van der Waals surface area contributed by atoms with Crippen molar-refractivity contribution in [2.75, 3.05) is 6.61 Å². The average molecular weight is 236 g/mol. The summed E-state index contributed by atoms with van der Waals surface area (Å²) in [6, 6.07) is 3.66. The Morgan fingerprint density at radius 1 is 1.53 bits per heavy atom. The molecule has 0 aromatic carbocycles. The van der Waals surface area contributed by atoms with Gasteiger partial charge in [0.1, 0.15) is 6.04 Å². The molecule has 0 aliphatic heterocycles. The van der Waals surface area contributed by atoms with Gasteiger partial charge in [-0.25, -0.2) is 0 Å². The Kier molecular flexibility index (Phi) is 5.63. The summed E-state index contributed by atoms with van der Waals surface area (Å²) in [6.45, 7) is 6.78. The lowest BCUT2D eigenvalue weighted by atomic mass is 10.2. The van der Waals surface area contributed by atoms with Gasteiger partial charge in [0.15, 0.2) is 0 Å². The lowest BCUT2D eigenvalue weighted by Gasteiger charge is -2.15. The molecule has 0 radical (unpaired) electrons. The molecule has 1 aromatic heterocycles. The molecular weight excluding hydrogens is 216 g/mol. The highest BCUT2D eigenvalue weighted by Gasteiger charge is 2.16. The van der Waals surface area contributed by atoms with Crippen molar-refractivity contribution < 1.29 is 9.53 Å². The maximum atomic E-state index is 11.6. The summed E-state index contributed by atoms with van der Waals surface area (Å²) in [7, 11) is 0. The molecule has 0 aliphatic carbocycles. The van der Waals surface area contributed by atoms with Crippen molar-refractivity contribution in [1.29, 1.82) is 0 Å². The van der Waals surface area contributed by atoms with E-state index in [1.165, 1.54) is 0 Å². The number of rotatable bonds is 6. The Labute approximate surface area is 102 Å². The van der Waals surface area contributed by atoms with Crippen LogP contribution >= 0.6 is 0 Å². The summed E-state index contributed by atoms with van der Waals surface area (Å²) in [5.41, 5.74) is 2.09. The van der Waals surface area contributed by atoms with Gasteiger partial charge in [-0.15, -0.1) is 0 Å². The van der Waals surface area contributed by atoms with Gasteiger partial charge in [0.2, 0.25) is 0 Å². The first-order chi connectivity index (χ1) is 8.19. The quantitative estimate of drug-likeness (QED) is 0.765. The number of nitrogens with zero attached hydrogens (tertiary/aromatic N) is 1. The summed E-state index contributed by atoms with van der Waals surface area (Å²) in [5, 5.41) is 3.17. The number of carbonyl (C=O) groups excluding carboxylic acids is 1. The minimum absolute atomic E-state index is 0.191. The van der Waals surface area contributed by atoms with Crippen molar-refractivity contribution in [1.82, 2.24) is 10.3 Å². The number of ether oxygens (including phenoxy) is 1. The van der Waals surface area contributed by atoms with Gasteiger partial charge in [0, 0.05) is 12.7 Å². The fourth-order valence-corrected chi connectivity index (χ4v) is 1.56. The number of hydrogen-bond acceptors (Lipinski definition) is 4. The van der Waals surface area contributed by atoms with E-state index in [0.29, 0.717) is 19.6 Å². The lowest BCUT2D eigenvalue weighted by Crippen LogP contribution is -2.37. The number of aromatic nitrogens is 1. The molecule has 1 unspecified atom stereocenters. The maximum absolute atomic E-state index is 11.6. The molecule has 4 heteroatoms. The molecule has 0 amide bonds. The van der Waals surface area contributed by atoms with Gasteiger partial charge < -0.3 is 4.74 Å². The van der Waals surface area contributed by atoms with E-state index in [-0.39, 0.29) is 12.0 Å². The molecule has 0 saturated heterocycles. The second kappa shape index (κ2) is 7.01. The zero-order valence-corrected chi connectivity index (χ0v) is 10.7. The molecule has 94 valence electrons. The van der Waals surface area contributed by atoms with Crippen molar-refractivity contribution in [3.05, 3.63) is 29.6 Å². The molecule has 0 saturated carbocycles. The van der Waals surface area contributed by atoms with Crippen LogP contribution in [-0.2, 0) is 16.1 Å². The highest BCUT2D eigenvalue weighted by Crippen LogP contribution is 2.04. The maximum Gasteiger partial charge on any atom is 0.323 e. The predicted octanol–water partition coefficient (Wildman–Crippen LogP) is 1.82. The second-order valence-electron chi connectivity index (χ2n) is 3.86. The van der Waals surface area contributed by atoms with Gasteiger partial charge in [0.05, 0.1) is 12.3 Å². The lowest BCUT2D eigenvalue weighted by molar-refractivity contribution is -0.145. The van der Waals surface area contributed by atoms with Crippen LogP contribution in [-0.4, -0.2) is 23.6 Å². The van der Waals surface area contributed by atoms with Crippen LogP contribution in [0.2, 0.25) is 0 Å². The van der Waals surface area contributed by atoms with Gasteiger partial charge in [-0.1, -0.05) is 13.0 Å². The molecular formula is C13H20N2O2. The first kappa shape index (κ1) is 13.6. The number of esters is 1. The Morgan fingerprint density at radius 3 is 2.88 bits per heavy atom. The summed E-state index contributed by atoms with van der Waals surface area (Å²) >= 11 is 0. The predicted molar refractivity (Wildman–Crippen MR) is 66.5 cm³/mol. The first-order valence-corrected chi connectivity index (χ1v) is 5.99. The highest BCUT2D eigenvalue weighted by molar-refractivity contribution is 5.75. The van der Waals surface area contributed by atoms with Crippen molar-refractivity contribution in [3.63, 3.8) is 0 Å². The van der Waals surface area contributed by atoms with Crippen LogP contribution < -0.4 is 5.32 Å². The zero-order valence-electron chi connectivity index (χ0n) is 10.7. The van der Waals surface area contributed by atoms with Gasteiger partial charge in [-0.2, -0.15) is 0 Å². The number of carbonyl (C=O) groups is 1. The standard InChI is InChI=1S/C13H20N2O2/c1-4-11(13(16)17-5-2)15-9-12-10(3)7-6-8-14-12/h6-8,11,15H,4-5,9H2,1-3H3. The SMILES string of the molecule is CCOC(=O)C(CC)NCc1ncccc1C. The summed E-state index contributed by atoms with van der Waals surface area (Å²) < 4.78 is 4.99. The first-order valence-electron chi connectivity index (χ1n) is 5.99. The molecule has 0 fully saturated rings. The third kappa shape index (κ3) is 4.15. The molecule has 0 aliphatic rings. The Hall–Kier alpha value is -1.42. The van der Waals surface area contributed by atoms with E-state index < -0.39 is 0 Å². The van der Waals surface area contributed by atoms with E-state index >= 15 is 0 Å².